The normalized spacial score (nSPS) is 11.5. The zero-order chi connectivity index (χ0) is 19.7. The maximum absolute atomic E-state index is 13.3. The number of hydrogen-bond acceptors (Lipinski definition) is 6. The lowest BCUT2D eigenvalue weighted by Crippen LogP contribution is -2.11. The Hall–Kier alpha value is -2.75. The number of aromatic nitrogens is 2. The Bertz CT molecular complexity index is 1240. The molecule has 0 radical (unpaired) electrons. The molecule has 4 rings (SSSR count). The third-order valence-electron chi connectivity index (χ3n) is 3.69. The highest BCUT2D eigenvalue weighted by atomic mass is 35.5. The number of rotatable bonds is 5. The van der Waals surface area contributed by atoms with Gasteiger partial charge in [-0.05, 0) is 48.5 Å². The Morgan fingerprint density at radius 2 is 1.86 bits per heavy atom. The average Bonchev–Trinajstić information content (AvgIpc) is 3.32. The Morgan fingerprint density at radius 1 is 1.07 bits per heavy atom. The molecular weight excluding hydrogens is 425 g/mol. The third kappa shape index (κ3) is 3.91. The number of nitrogens with one attached hydrogen (secondary N) is 1. The van der Waals surface area contributed by atoms with E-state index in [2.05, 4.69) is 14.9 Å². The minimum atomic E-state index is -3.87. The molecule has 0 amide bonds. The summed E-state index contributed by atoms with van der Waals surface area (Å²) in [5.74, 6) is 0.0150. The number of hydrogen-bond donors (Lipinski definition) is 1. The molecule has 2 heterocycles. The summed E-state index contributed by atoms with van der Waals surface area (Å²) in [5.41, 5.74) is 1.32. The van der Waals surface area contributed by atoms with Crippen molar-refractivity contribution in [3.8, 4) is 22.8 Å². The highest BCUT2D eigenvalue weighted by molar-refractivity contribution is 7.94. The van der Waals surface area contributed by atoms with Crippen LogP contribution in [0.5, 0.6) is 0 Å². The van der Waals surface area contributed by atoms with Gasteiger partial charge >= 0.3 is 0 Å². The van der Waals surface area contributed by atoms with Crippen LogP contribution in [0.4, 0.5) is 10.1 Å². The molecule has 0 saturated heterocycles. The van der Waals surface area contributed by atoms with Crippen LogP contribution in [0.1, 0.15) is 0 Å². The molecule has 10 heteroatoms. The fourth-order valence-electron chi connectivity index (χ4n) is 2.38. The molecule has 2 aromatic carbocycles. The van der Waals surface area contributed by atoms with Gasteiger partial charge in [0.2, 0.25) is 5.82 Å². The van der Waals surface area contributed by atoms with E-state index in [0.717, 1.165) is 23.0 Å². The summed E-state index contributed by atoms with van der Waals surface area (Å²) in [4.78, 5) is 4.29. The van der Waals surface area contributed by atoms with E-state index < -0.39 is 15.8 Å². The minimum Gasteiger partial charge on any atom is -0.334 e. The first-order valence-electron chi connectivity index (χ1n) is 7.88. The maximum atomic E-state index is 13.3. The van der Waals surface area contributed by atoms with Gasteiger partial charge in [0, 0.05) is 16.0 Å². The van der Waals surface area contributed by atoms with E-state index in [9.17, 15) is 12.8 Å². The maximum Gasteiger partial charge on any atom is 0.271 e. The van der Waals surface area contributed by atoms with E-state index in [-0.39, 0.29) is 15.8 Å². The SMILES string of the molecule is O=S(=O)(Nc1cccc(F)c1)c1cc(-c2nc(-c3ccc(Cl)cc3)no2)cs1. The van der Waals surface area contributed by atoms with Gasteiger partial charge in [-0.1, -0.05) is 22.8 Å². The Labute approximate surface area is 168 Å². The van der Waals surface area contributed by atoms with E-state index in [4.69, 9.17) is 16.1 Å². The topological polar surface area (TPSA) is 85.1 Å². The standard InChI is InChI=1S/C18H11ClFN3O3S2/c19-13-6-4-11(5-7-13)17-21-18(26-22-17)12-8-16(27-10-12)28(24,25)23-15-3-1-2-14(20)9-15/h1-10,23H. The Kier molecular flexibility index (Phi) is 4.88. The zero-order valence-corrected chi connectivity index (χ0v) is 16.4. The summed E-state index contributed by atoms with van der Waals surface area (Å²) < 4.78 is 45.9. The third-order valence-corrected chi connectivity index (χ3v) is 6.77. The number of benzene rings is 2. The van der Waals surface area contributed by atoms with Crippen molar-refractivity contribution >= 4 is 38.6 Å². The fraction of sp³-hybridized carbons (Fsp3) is 0. The fourth-order valence-corrected chi connectivity index (χ4v) is 4.71. The smallest absolute Gasteiger partial charge is 0.271 e. The van der Waals surface area contributed by atoms with Crippen molar-refractivity contribution < 1.29 is 17.3 Å². The van der Waals surface area contributed by atoms with Crippen molar-refractivity contribution in [2.24, 2.45) is 0 Å². The molecule has 6 nitrogen and oxygen atoms in total. The molecule has 0 aliphatic rings. The largest absolute Gasteiger partial charge is 0.334 e. The second kappa shape index (κ2) is 7.34. The van der Waals surface area contributed by atoms with Crippen molar-refractivity contribution in [3.63, 3.8) is 0 Å². The highest BCUT2D eigenvalue weighted by Gasteiger charge is 2.20. The first kappa shape index (κ1) is 18.6. The monoisotopic (exact) mass is 435 g/mol. The van der Waals surface area contributed by atoms with Gasteiger partial charge in [0.1, 0.15) is 10.0 Å². The molecular formula is C18H11ClFN3O3S2. The van der Waals surface area contributed by atoms with Crippen LogP contribution < -0.4 is 4.72 Å². The molecule has 1 N–H and O–H groups in total. The van der Waals surface area contributed by atoms with E-state index in [0.29, 0.717) is 16.4 Å². The number of thiophene rings is 1. The van der Waals surface area contributed by atoms with Crippen LogP contribution in [0.2, 0.25) is 5.02 Å². The van der Waals surface area contributed by atoms with E-state index in [1.807, 2.05) is 0 Å². The van der Waals surface area contributed by atoms with E-state index in [1.165, 1.54) is 24.3 Å². The molecule has 0 fully saturated rings. The Morgan fingerprint density at radius 3 is 2.61 bits per heavy atom. The number of anilines is 1. The van der Waals surface area contributed by atoms with Gasteiger partial charge in [-0.3, -0.25) is 4.72 Å². The van der Waals surface area contributed by atoms with Gasteiger partial charge < -0.3 is 4.52 Å². The van der Waals surface area contributed by atoms with Gasteiger partial charge in [-0.2, -0.15) is 4.98 Å². The molecule has 2 aromatic heterocycles. The quantitative estimate of drug-likeness (QED) is 0.473. The van der Waals surface area contributed by atoms with Crippen LogP contribution in [0.25, 0.3) is 22.8 Å². The molecule has 142 valence electrons. The zero-order valence-electron chi connectivity index (χ0n) is 14.0. The average molecular weight is 436 g/mol. The molecule has 0 saturated carbocycles. The summed E-state index contributed by atoms with van der Waals surface area (Å²) in [6.07, 6.45) is 0. The number of halogens is 2. The van der Waals surface area contributed by atoms with E-state index in [1.54, 1.807) is 29.6 Å². The first-order chi connectivity index (χ1) is 13.4. The Balaban J connectivity index is 1.58. The van der Waals surface area contributed by atoms with Crippen LogP contribution in [0.3, 0.4) is 0 Å². The molecule has 0 spiro atoms. The summed E-state index contributed by atoms with van der Waals surface area (Å²) in [6, 6.07) is 13.6. The predicted octanol–water partition coefficient (Wildman–Crippen LogP) is 5.06. The lowest BCUT2D eigenvalue weighted by Gasteiger charge is -2.05. The van der Waals surface area contributed by atoms with Gasteiger partial charge in [0.05, 0.1) is 11.3 Å². The van der Waals surface area contributed by atoms with Crippen LogP contribution in [-0.2, 0) is 10.0 Å². The predicted molar refractivity (Wildman–Crippen MR) is 105 cm³/mol. The first-order valence-corrected chi connectivity index (χ1v) is 10.6. The van der Waals surface area contributed by atoms with Gasteiger partial charge in [-0.15, -0.1) is 11.3 Å². The number of sulfonamides is 1. The molecule has 28 heavy (non-hydrogen) atoms. The molecule has 0 bridgehead atoms. The van der Waals surface area contributed by atoms with Crippen LogP contribution >= 0.6 is 22.9 Å². The summed E-state index contributed by atoms with van der Waals surface area (Å²) in [7, 11) is -3.87. The molecule has 0 unspecified atom stereocenters. The van der Waals surface area contributed by atoms with Gasteiger partial charge in [0.15, 0.2) is 0 Å². The van der Waals surface area contributed by atoms with Crippen molar-refractivity contribution in [3.05, 3.63) is 70.8 Å². The summed E-state index contributed by atoms with van der Waals surface area (Å²) in [5, 5.41) is 6.10. The van der Waals surface area contributed by atoms with Crippen molar-refractivity contribution in [2.75, 3.05) is 4.72 Å². The van der Waals surface area contributed by atoms with Crippen molar-refractivity contribution in [1.82, 2.24) is 10.1 Å². The minimum absolute atomic E-state index is 0.0398. The second-order valence-corrected chi connectivity index (χ2v) is 8.96. The van der Waals surface area contributed by atoms with Crippen LogP contribution in [-0.4, -0.2) is 18.6 Å². The van der Waals surface area contributed by atoms with Crippen molar-refractivity contribution in [2.45, 2.75) is 4.21 Å². The molecule has 0 aliphatic carbocycles. The molecule has 0 atom stereocenters. The van der Waals surface area contributed by atoms with E-state index >= 15 is 0 Å². The molecule has 4 aromatic rings. The lowest BCUT2D eigenvalue weighted by molar-refractivity contribution is 0.432. The van der Waals surface area contributed by atoms with Gasteiger partial charge in [0.25, 0.3) is 15.9 Å². The van der Waals surface area contributed by atoms with Crippen molar-refractivity contribution in [1.29, 1.82) is 0 Å². The lowest BCUT2D eigenvalue weighted by atomic mass is 10.2. The van der Waals surface area contributed by atoms with Gasteiger partial charge in [-0.25, -0.2) is 12.8 Å². The summed E-state index contributed by atoms with van der Waals surface area (Å²) >= 11 is 6.86. The van der Waals surface area contributed by atoms with Crippen LogP contribution in [0, 0.1) is 5.82 Å². The highest BCUT2D eigenvalue weighted by Crippen LogP contribution is 2.30. The number of nitrogens with zero attached hydrogens (tertiary/aromatic N) is 2. The second-order valence-electron chi connectivity index (χ2n) is 5.70. The van der Waals surface area contributed by atoms with Crippen LogP contribution in [0.15, 0.2) is 68.7 Å². The molecule has 0 aliphatic heterocycles. The summed E-state index contributed by atoms with van der Waals surface area (Å²) in [6.45, 7) is 0.